The second-order valence-corrected chi connectivity index (χ2v) is 6.16. The summed E-state index contributed by atoms with van der Waals surface area (Å²) in [6.45, 7) is 2.70. The van der Waals surface area contributed by atoms with Crippen LogP contribution in [0.1, 0.15) is 19.4 Å². The molecule has 98 valence electrons. The standard InChI is InChI=1S/C11H13FN2O3S/c1-11(2,15)7-14-18(16,17)9-3-4-10(12)8(5-9)6-13/h3-5,14-15H,7H2,1-2H3. The van der Waals surface area contributed by atoms with Crippen molar-refractivity contribution in [2.75, 3.05) is 6.54 Å². The van der Waals surface area contributed by atoms with Crippen molar-refractivity contribution in [2.45, 2.75) is 24.3 Å². The molecule has 0 amide bonds. The first-order valence-corrected chi connectivity index (χ1v) is 6.56. The third-order valence-corrected chi connectivity index (χ3v) is 3.46. The van der Waals surface area contributed by atoms with Crippen molar-refractivity contribution in [2.24, 2.45) is 0 Å². The largest absolute Gasteiger partial charge is 0.389 e. The van der Waals surface area contributed by atoms with E-state index < -0.39 is 21.4 Å². The molecule has 1 aromatic rings. The highest BCUT2D eigenvalue weighted by atomic mass is 32.2. The van der Waals surface area contributed by atoms with Gasteiger partial charge in [0.25, 0.3) is 0 Å². The lowest BCUT2D eigenvalue weighted by Gasteiger charge is -2.17. The molecule has 0 bridgehead atoms. The van der Waals surface area contributed by atoms with Crippen LogP contribution in [0, 0.1) is 17.1 Å². The van der Waals surface area contributed by atoms with Gasteiger partial charge in [0.15, 0.2) is 0 Å². The van der Waals surface area contributed by atoms with E-state index >= 15 is 0 Å². The fourth-order valence-electron chi connectivity index (χ4n) is 1.11. The average molecular weight is 272 g/mol. The van der Waals surface area contributed by atoms with Crippen LogP contribution in [0.15, 0.2) is 23.1 Å². The number of aliphatic hydroxyl groups is 1. The fraction of sp³-hybridized carbons (Fsp3) is 0.364. The predicted molar refractivity (Wildman–Crippen MR) is 62.6 cm³/mol. The molecule has 0 aliphatic rings. The second kappa shape index (κ2) is 5.02. The molecule has 0 spiro atoms. The summed E-state index contributed by atoms with van der Waals surface area (Å²) in [5.74, 6) is -0.779. The van der Waals surface area contributed by atoms with Crippen molar-refractivity contribution in [1.82, 2.24) is 4.72 Å². The monoisotopic (exact) mass is 272 g/mol. The Morgan fingerprint density at radius 2 is 2.11 bits per heavy atom. The number of nitrogens with one attached hydrogen (secondary N) is 1. The average Bonchev–Trinajstić information content (AvgIpc) is 2.26. The van der Waals surface area contributed by atoms with Crippen LogP contribution >= 0.6 is 0 Å². The van der Waals surface area contributed by atoms with Gasteiger partial charge >= 0.3 is 0 Å². The van der Waals surface area contributed by atoms with E-state index in [1.54, 1.807) is 6.07 Å². The lowest BCUT2D eigenvalue weighted by molar-refractivity contribution is 0.0857. The lowest BCUT2D eigenvalue weighted by Crippen LogP contribution is -2.38. The highest BCUT2D eigenvalue weighted by molar-refractivity contribution is 7.89. The molecule has 0 heterocycles. The summed E-state index contributed by atoms with van der Waals surface area (Å²) < 4.78 is 38.8. The molecule has 2 N–H and O–H groups in total. The summed E-state index contributed by atoms with van der Waals surface area (Å²) in [5.41, 5.74) is -1.55. The van der Waals surface area contributed by atoms with Crippen molar-refractivity contribution in [1.29, 1.82) is 5.26 Å². The number of rotatable bonds is 4. The minimum Gasteiger partial charge on any atom is -0.389 e. The van der Waals surface area contributed by atoms with E-state index in [-0.39, 0.29) is 17.0 Å². The van der Waals surface area contributed by atoms with Gasteiger partial charge in [-0.2, -0.15) is 5.26 Å². The van der Waals surface area contributed by atoms with Crippen LogP contribution in [0.2, 0.25) is 0 Å². The minimum absolute atomic E-state index is 0.186. The highest BCUT2D eigenvalue weighted by Crippen LogP contribution is 2.14. The molecule has 1 rings (SSSR count). The fourth-order valence-corrected chi connectivity index (χ4v) is 2.34. The van der Waals surface area contributed by atoms with Crippen LogP contribution in [-0.2, 0) is 10.0 Å². The van der Waals surface area contributed by atoms with Crippen molar-refractivity contribution < 1.29 is 17.9 Å². The molecule has 0 saturated carbocycles. The normalized spacial score (nSPS) is 12.2. The van der Waals surface area contributed by atoms with Crippen LogP contribution in [0.5, 0.6) is 0 Å². The molecule has 5 nitrogen and oxygen atoms in total. The summed E-state index contributed by atoms with van der Waals surface area (Å²) in [4.78, 5) is -0.218. The predicted octanol–water partition coefficient (Wildman–Crippen LogP) is 0.747. The van der Waals surface area contributed by atoms with Gasteiger partial charge in [0.1, 0.15) is 11.9 Å². The number of nitrogens with zero attached hydrogens (tertiary/aromatic N) is 1. The van der Waals surface area contributed by atoms with Gasteiger partial charge in [-0.1, -0.05) is 0 Å². The third kappa shape index (κ3) is 3.77. The Hall–Kier alpha value is -1.49. The molecule has 0 unspecified atom stereocenters. The minimum atomic E-state index is -3.87. The van der Waals surface area contributed by atoms with Gasteiger partial charge in [-0.05, 0) is 32.0 Å². The summed E-state index contributed by atoms with van der Waals surface area (Å²) >= 11 is 0. The Morgan fingerprint density at radius 1 is 1.50 bits per heavy atom. The van der Waals surface area contributed by atoms with Crippen LogP contribution in [0.25, 0.3) is 0 Å². The Morgan fingerprint density at radius 3 is 2.61 bits per heavy atom. The maximum absolute atomic E-state index is 13.1. The summed E-state index contributed by atoms with van der Waals surface area (Å²) in [6.07, 6.45) is 0. The summed E-state index contributed by atoms with van der Waals surface area (Å²) in [5, 5.41) is 18.1. The molecule has 0 fully saturated rings. The van der Waals surface area contributed by atoms with Gasteiger partial charge < -0.3 is 5.11 Å². The van der Waals surface area contributed by atoms with Gasteiger partial charge in [-0.15, -0.1) is 0 Å². The lowest BCUT2D eigenvalue weighted by atomic mass is 10.1. The van der Waals surface area contributed by atoms with E-state index in [1.807, 2.05) is 0 Å². The molecular formula is C11H13FN2O3S. The van der Waals surface area contributed by atoms with Gasteiger partial charge in [0.05, 0.1) is 16.1 Å². The van der Waals surface area contributed by atoms with Crippen molar-refractivity contribution in [3.05, 3.63) is 29.6 Å². The smallest absolute Gasteiger partial charge is 0.240 e. The summed E-state index contributed by atoms with van der Waals surface area (Å²) in [6, 6.07) is 4.48. The molecule has 0 saturated heterocycles. The zero-order valence-electron chi connectivity index (χ0n) is 9.94. The number of halogens is 1. The van der Waals surface area contributed by atoms with Crippen molar-refractivity contribution >= 4 is 10.0 Å². The third-order valence-electron chi connectivity index (χ3n) is 2.06. The van der Waals surface area contributed by atoms with Gasteiger partial charge in [0.2, 0.25) is 10.0 Å². The zero-order chi connectivity index (χ0) is 14.0. The Balaban J connectivity index is 3.03. The molecule has 0 atom stereocenters. The molecule has 18 heavy (non-hydrogen) atoms. The molecule has 1 aromatic carbocycles. The van der Waals surface area contributed by atoms with Crippen LogP contribution in [0.4, 0.5) is 4.39 Å². The topological polar surface area (TPSA) is 90.2 Å². The number of hydrogen-bond acceptors (Lipinski definition) is 4. The van der Waals surface area contributed by atoms with Crippen LogP contribution in [0.3, 0.4) is 0 Å². The zero-order valence-corrected chi connectivity index (χ0v) is 10.8. The van der Waals surface area contributed by atoms with Gasteiger partial charge in [-0.25, -0.2) is 17.5 Å². The van der Waals surface area contributed by atoms with Gasteiger partial charge in [0, 0.05) is 6.54 Å². The van der Waals surface area contributed by atoms with E-state index in [4.69, 9.17) is 5.26 Å². The number of hydrogen-bond donors (Lipinski definition) is 2. The van der Waals surface area contributed by atoms with E-state index in [9.17, 15) is 17.9 Å². The second-order valence-electron chi connectivity index (χ2n) is 4.39. The van der Waals surface area contributed by atoms with E-state index in [1.165, 1.54) is 13.8 Å². The number of sulfonamides is 1. The van der Waals surface area contributed by atoms with Crippen LogP contribution < -0.4 is 4.72 Å². The van der Waals surface area contributed by atoms with E-state index in [0.717, 1.165) is 18.2 Å². The maximum Gasteiger partial charge on any atom is 0.240 e. The first kappa shape index (κ1) is 14.6. The first-order chi connectivity index (χ1) is 8.15. The van der Waals surface area contributed by atoms with Crippen LogP contribution in [-0.4, -0.2) is 25.7 Å². The number of benzene rings is 1. The molecule has 7 heteroatoms. The van der Waals surface area contributed by atoms with Gasteiger partial charge in [-0.3, -0.25) is 0 Å². The Bertz CT molecular complexity index is 585. The molecule has 0 aliphatic heterocycles. The summed E-state index contributed by atoms with van der Waals surface area (Å²) in [7, 11) is -3.87. The number of nitriles is 1. The van der Waals surface area contributed by atoms with E-state index in [2.05, 4.69) is 4.72 Å². The Kier molecular flexibility index (Phi) is 4.06. The Labute approximate surface area is 105 Å². The van der Waals surface area contributed by atoms with Crippen molar-refractivity contribution in [3.63, 3.8) is 0 Å². The van der Waals surface area contributed by atoms with Crippen molar-refractivity contribution in [3.8, 4) is 6.07 Å². The maximum atomic E-state index is 13.1. The molecule has 0 radical (unpaired) electrons. The SMILES string of the molecule is CC(C)(O)CNS(=O)(=O)c1ccc(F)c(C#N)c1. The molecule has 0 aliphatic carbocycles. The molecule has 0 aromatic heterocycles. The molecular weight excluding hydrogens is 259 g/mol. The quantitative estimate of drug-likeness (QED) is 0.846. The van der Waals surface area contributed by atoms with E-state index in [0.29, 0.717) is 0 Å². The highest BCUT2D eigenvalue weighted by Gasteiger charge is 2.20. The first-order valence-electron chi connectivity index (χ1n) is 5.07.